The Morgan fingerprint density at radius 3 is 2.36 bits per heavy atom. The van der Waals surface area contributed by atoms with Gasteiger partial charge in [-0.25, -0.2) is 0 Å². The van der Waals surface area contributed by atoms with Gasteiger partial charge in [-0.2, -0.15) is 13.2 Å². The third kappa shape index (κ3) is 2.70. The maximum absolute atomic E-state index is 12.4. The lowest BCUT2D eigenvalue weighted by atomic mass is 10.0. The van der Waals surface area contributed by atoms with E-state index in [4.69, 9.17) is 5.73 Å². The molecule has 0 amide bonds. The molecule has 0 aliphatic heterocycles. The minimum Gasteiger partial charge on any atom is -0.293 e. The second-order valence-corrected chi connectivity index (χ2v) is 3.25. The molecule has 0 bridgehead atoms. The van der Waals surface area contributed by atoms with E-state index in [1.54, 1.807) is 0 Å². The van der Waals surface area contributed by atoms with Gasteiger partial charge in [-0.1, -0.05) is 30.4 Å². The van der Waals surface area contributed by atoms with E-state index in [9.17, 15) is 13.2 Å². The predicted octanol–water partition coefficient (Wildman–Crippen LogP) is 2.86. The molecule has 1 N–H and O–H groups in total. The van der Waals surface area contributed by atoms with Crippen LogP contribution >= 0.6 is 12.2 Å². The van der Waals surface area contributed by atoms with Crippen LogP contribution in [0.2, 0.25) is 0 Å². The highest BCUT2D eigenvalue weighted by molar-refractivity contribution is 7.80. The Balaban J connectivity index is 3.10. The average Bonchev–Trinajstić information content (AvgIpc) is 2.01. The topological polar surface area (TPSA) is 23.8 Å². The number of hydrogen-bond donors (Lipinski definition) is 0. The zero-order chi connectivity index (χ0) is 10.8. The average molecular weight is 218 g/mol. The molecule has 0 aliphatic rings. The van der Waals surface area contributed by atoms with Crippen molar-refractivity contribution in [2.75, 3.05) is 0 Å². The van der Waals surface area contributed by atoms with E-state index in [1.807, 2.05) is 0 Å². The fourth-order valence-corrected chi connectivity index (χ4v) is 1.28. The van der Waals surface area contributed by atoms with E-state index in [0.29, 0.717) is 0 Å². The van der Waals surface area contributed by atoms with Gasteiger partial charge in [0.15, 0.2) is 0 Å². The van der Waals surface area contributed by atoms with Gasteiger partial charge in [0, 0.05) is 6.42 Å². The molecule has 14 heavy (non-hydrogen) atoms. The zero-order valence-electron chi connectivity index (χ0n) is 7.06. The number of hydrogen-bond acceptors (Lipinski definition) is 1. The first kappa shape index (κ1) is 11.0. The van der Waals surface area contributed by atoms with Crippen LogP contribution in [0.3, 0.4) is 0 Å². The molecule has 0 heterocycles. The number of benzene rings is 1. The maximum Gasteiger partial charge on any atom is 0.416 e. The summed E-state index contributed by atoms with van der Waals surface area (Å²) in [6, 6.07) is 5.15. The highest BCUT2D eigenvalue weighted by Gasteiger charge is 2.32. The van der Waals surface area contributed by atoms with Crippen molar-refractivity contribution in [2.24, 2.45) is 0 Å². The van der Waals surface area contributed by atoms with Crippen LogP contribution in [-0.2, 0) is 12.6 Å². The second kappa shape index (κ2) is 3.96. The van der Waals surface area contributed by atoms with E-state index >= 15 is 0 Å². The van der Waals surface area contributed by atoms with Crippen molar-refractivity contribution in [2.45, 2.75) is 12.6 Å². The fraction of sp³-hybridized carbons (Fsp3) is 0.222. The molecule has 0 saturated carbocycles. The molecule has 1 aromatic carbocycles. The Bertz CT molecular complexity index is 346. The molecule has 5 heteroatoms. The van der Waals surface area contributed by atoms with Crippen molar-refractivity contribution in [3.8, 4) is 0 Å². The summed E-state index contributed by atoms with van der Waals surface area (Å²) >= 11 is 4.46. The van der Waals surface area contributed by atoms with E-state index in [-0.39, 0.29) is 17.0 Å². The van der Waals surface area contributed by atoms with Crippen molar-refractivity contribution >= 4 is 17.2 Å². The molecule has 1 rings (SSSR count). The summed E-state index contributed by atoms with van der Waals surface area (Å²) in [6.45, 7) is 0. The lowest BCUT2D eigenvalue weighted by Crippen LogP contribution is -2.11. The van der Waals surface area contributed by atoms with Crippen LogP contribution in [-0.4, -0.2) is 4.99 Å². The Morgan fingerprint density at radius 1 is 1.29 bits per heavy atom. The van der Waals surface area contributed by atoms with E-state index in [0.717, 1.165) is 6.07 Å². The van der Waals surface area contributed by atoms with E-state index < -0.39 is 11.7 Å². The molecule has 0 spiro atoms. The first-order valence-electron chi connectivity index (χ1n) is 3.81. The van der Waals surface area contributed by atoms with Crippen LogP contribution in [0.5, 0.6) is 0 Å². The largest absolute Gasteiger partial charge is 0.416 e. The summed E-state index contributed by atoms with van der Waals surface area (Å²) in [7, 11) is 0. The summed E-state index contributed by atoms with van der Waals surface area (Å²) in [5.41, 5.74) is 6.32. The summed E-state index contributed by atoms with van der Waals surface area (Å²) in [5.74, 6) is 0. The Hall–Kier alpha value is -1.10. The number of nitrogens with one attached hydrogen (secondary N) is 1. The molecule has 0 fully saturated rings. The van der Waals surface area contributed by atoms with E-state index in [1.165, 1.54) is 18.2 Å². The number of halogens is 3. The smallest absolute Gasteiger partial charge is 0.293 e. The van der Waals surface area contributed by atoms with Gasteiger partial charge in [0.2, 0.25) is 0 Å². The Labute approximate surface area is 84.7 Å². The number of thiocarbonyl (C=S) groups is 1. The van der Waals surface area contributed by atoms with Gasteiger partial charge in [0.1, 0.15) is 0 Å². The monoisotopic (exact) mass is 218 g/mol. The highest BCUT2D eigenvalue weighted by atomic mass is 32.1. The third-order valence-corrected chi connectivity index (χ3v) is 1.82. The van der Waals surface area contributed by atoms with Gasteiger partial charge in [-0.15, -0.1) is 0 Å². The molecular weight excluding hydrogens is 211 g/mol. The van der Waals surface area contributed by atoms with Gasteiger partial charge in [-0.3, -0.25) is 5.73 Å². The van der Waals surface area contributed by atoms with Crippen LogP contribution < -0.4 is 5.73 Å². The summed E-state index contributed by atoms with van der Waals surface area (Å²) < 4.78 is 37.2. The van der Waals surface area contributed by atoms with Crippen molar-refractivity contribution < 1.29 is 13.2 Å². The first-order chi connectivity index (χ1) is 6.41. The van der Waals surface area contributed by atoms with Crippen molar-refractivity contribution in [1.82, 2.24) is 5.73 Å². The number of alkyl halides is 3. The van der Waals surface area contributed by atoms with Gasteiger partial charge in [-0.05, 0) is 11.6 Å². The second-order valence-electron chi connectivity index (χ2n) is 2.75. The fourth-order valence-electron chi connectivity index (χ4n) is 1.12. The molecule has 0 aromatic heterocycles. The predicted molar refractivity (Wildman–Crippen MR) is 50.8 cm³/mol. The molecular formula is C9H7F3NS. The van der Waals surface area contributed by atoms with Crippen LogP contribution in [0.4, 0.5) is 13.2 Å². The first-order valence-corrected chi connectivity index (χ1v) is 4.21. The number of rotatable bonds is 2. The SMILES string of the molecule is [NH]C(=S)Cc1ccccc1C(F)(F)F. The zero-order valence-corrected chi connectivity index (χ0v) is 7.88. The third-order valence-electron chi connectivity index (χ3n) is 1.67. The quantitative estimate of drug-likeness (QED) is 0.700. The lowest BCUT2D eigenvalue weighted by Gasteiger charge is -2.11. The molecule has 1 nitrogen and oxygen atoms in total. The van der Waals surface area contributed by atoms with Crippen LogP contribution in [0.1, 0.15) is 11.1 Å². The van der Waals surface area contributed by atoms with Crippen molar-refractivity contribution in [3.05, 3.63) is 35.4 Å². The van der Waals surface area contributed by atoms with Gasteiger partial charge < -0.3 is 0 Å². The Kier molecular flexibility index (Phi) is 3.10. The lowest BCUT2D eigenvalue weighted by molar-refractivity contribution is -0.138. The minimum absolute atomic E-state index is 0.0556. The molecule has 1 radical (unpaired) electrons. The normalized spacial score (nSPS) is 11.4. The molecule has 0 atom stereocenters. The molecule has 1 aromatic rings. The van der Waals surface area contributed by atoms with Crippen molar-refractivity contribution in [1.29, 1.82) is 0 Å². The maximum atomic E-state index is 12.4. The summed E-state index contributed by atoms with van der Waals surface area (Å²) in [6.07, 6.45) is -4.51. The molecule has 0 aliphatic carbocycles. The van der Waals surface area contributed by atoms with Crippen LogP contribution in [0.25, 0.3) is 0 Å². The molecule has 0 saturated heterocycles. The highest BCUT2D eigenvalue weighted by Crippen LogP contribution is 2.31. The van der Waals surface area contributed by atoms with E-state index in [2.05, 4.69) is 12.2 Å². The van der Waals surface area contributed by atoms with Gasteiger partial charge in [0.05, 0.1) is 10.6 Å². The molecule has 75 valence electrons. The van der Waals surface area contributed by atoms with Gasteiger partial charge in [0.25, 0.3) is 0 Å². The minimum atomic E-state index is -4.37. The van der Waals surface area contributed by atoms with Crippen molar-refractivity contribution in [3.63, 3.8) is 0 Å². The van der Waals surface area contributed by atoms with Crippen LogP contribution in [0.15, 0.2) is 24.3 Å². The summed E-state index contributed by atoms with van der Waals surface area (Å²) in [5, 5.41) is 0. The van der Waals surface area contributed by atoms with Crippen LogP contribution in [0, 0.1) is 0 Å². The standard InChI is InChI=1S/C9H7F3NS/c10-9(11,12)7-4-2-1-3-6(7)5-8(13)14/h1-4,13H,5H2. The Morgan fingerprint density at radius 2 is 1.86 bits per heavy atom. The summed E-state index contributed by atoms with van der Waals surface area (Å²) in [4.78, 5) is -0.193. The molecule has 0 unspecified atom stereocenters. The van der Waals surface area contributed by atoms with Gasteiger partial charge >= 0.3 is 6.18 Å².